The summed E-state index contributed by atoms with van der Waals surface area (Å²) in [6.45, 7) is 4.30. The summed E-state index contributed by atoms with van der Waals surface area (Å²) in [7, 11) is -2.29. The lowest BCUT2D eigenvalue weighted by Gasteiger charge is -2.13. The van der Waals surface area contributed by atoms with Gasteiger partial charge in [-0.2, -0.15) is 0 Å². The van der Waals surface area contributed by atoms with Gasteiger partial charge in [0.1, 0.15) is 6.61 Å². The predicted molar refractivity (Wildman–Crippen MR) is 138 cm³/mol. The first-order valence-electron chi connectivity index (χ1n) is 10.4. The second-order valence-electron chi connectivity index (χ2n) is 7.64. The molecule has 0 aliphatic rings. The molecule has 8 nitrogen and oxygen atoms in total. The van der Waals surface area contributed by atoms with Crippen molar-refractivity contribution in [1.29, 1.82) is 0 Å². The zero-order valence-electron chi connectivity index (χ0n) is 18.7. The summed E-state index contributed by atoms with van der Waals surface area (Å²) in [5.41, 5.74) is 1.80. The smallest absolute Gasteiger partial charge is 0.279 e. The molecule has 0 aliphatic heterocycles. The van der Waals surface area contributed by atoms with Gasteiger partial charge in [0.2, 0.25) is 10.0 Å². The van der Waals surface area contributed by atoms with Crippen molar-refractivity contribution in [3.63, 3.8) is 0 Å². The number of rotatable bonds is 7. The van der Waals surface area contributed by atoms with Gasteiger partial charge in [0.15, 0.2) is 11.5 Å². The summed E-state index contributed by atoms with van der Waals surface area (Å²) in [4.78, 5) is 13.0. The Kier molecular flexibility index (Phi) is 6.97. The Hall–Kier alpha value is -3.60. The molecule has 0 radical (unpaired) electrons. The molecule has 0 amide bonds. The molecule has 0 aliphatic carbocycles. The van der Waals surface area contributed by atoms with E-state index in [9.17, 15) is 13.2 Å². The number of ether oxygens (including phenoxy) is 2. The largest absolute Gasteiger partial charge is 0.493 e. The second-order valence-corrected chi connectivity index (χ2v) is 10.1. The van der Waals surface area contributed by atoms with Crippen LogP contribution in [0, 0.1) is 0 Å². The van der Waals surface area contributed by atoms with Gasteiger partial charge in [-0.1, -0.05) is 36.9 Å². The molecule has 10 heteroatoms. The van der Waals surface area contributed by atoms with Crippen LogP contribution in [0.5, 0.6) is 11.5 Å². The third-order valence-corrected chi connectivity index (χ3v) is 6.74. The van der Waals surface area contributed by atoms with Crippen LogP contribution in [-0.2, 0) is 16.6 Å². The standard InChI is InChI=1S/C25H22BrN3O5S/c1-16-21(25(30)29(28-16)19-8-10-20(11-9-19)35(27,31)32)12-18-13-22(26)24(23(14-18)33-2)34-15-17-6-4-3-5-7-17/h3-14,28H,1,15H2,2H3,(H2,27,31,32)/b21-12-. The Balaban J connectivity index is 1.69. The quantitative estimate of drug-likeness (QED) is 0.363. The zero-order chi connectivity index (χ0) is 25.2. The lowest BCUT2D eigenvalue weighted by molar-refractivity contribution is 0.282. The van der Waals surface area contributed by atoms with Gasteiger partial charge in [0, 0.05) is 0 Å². The average molecular weight is 556 g/mol. The Morgan fingerprint density at radius 1 is 1.11 bits per heavy atom. The van der Waals surface area contributed by atoms with Crippen LogP contribution in [0.25, 0.3) is 18.3 Å². The number of benzene rings is 3. The van der Waals surface area contributed by atoms with Crippen LogP contribution in [0.4, 0.5) is 0 Å². The molecular weight excluding hydrogens is 534 g/mol. The predicted octanol–water partition coefficient (Wildman–Crippen LogP) is 2.40. The summed E-state index contributed by atoms with van der Waals surface area (Å²) in [6.07, 6.45) is 1.69. The van der Waals surface area contributed by atoms with Crippen molar-refractivity contribution in [1.82, 2.24) is 9.78 Å². The van der Waals surface area contributed by atoms with Crippen LogP contribution in [-0.4, -0.2) is 25.3 Å². The minimum atomic E-state index is -3.83. The van der Waals surface area contributed by atoms with Gasteiger partial charge in [-0.25, -0.2) is 18.2 Å². The van der Waals surface area contributed by atoms with E-state index in [4.69, 9.17) is 14.6 Å². The highest BCUT2D eigenvalue weighted by molar-refractivity contribution is 9.10. The number of hydrogen-bond acceptors (Lipinski definition) is 5. The van der Waals surface area contributed by atoms with Crippen LogP contribution in [0.2, 0.25) is 0 Å². The second kappa shape index (κ2) is 9.95. The molecule has 0 bridgehead atoms. The fourth-order valence-electron chi connectivity index (χ4n) is 3.47. The maximum Gasteiger partial charge on any atom is 0.279 e. The molecule has 3 aromatic carbocycles. The molecule has 0 atom stereocenters. The molecule has 0 fully saturated rings. The molecule has 180 valence electrons. The van der Waals surface area contributed by atoms with Crippen LogP contribution in [0.1, 0.15) is 11.1 Å². The first-order valence-corrected chi connectivity index (χ1v) is 12.7. The highest BCUT2D eigenvalue weighted by Crippen LogP contribution is 2.37. The van der Waals surface area contributed by atoms with Crippen LogP contribution in [0.15, 0.2) is 80.9 Å². The van der Waals surface area contributed by atoms with Crippen molar-refractivity contribution < 1.29 is 17.9 Å². The average Bonchev–Trinajstić information content (AvgIpc) is 3.11. The highest BCUT2D eigenvalue weighted by atomic mass is 79.9. The minimum absolute atomic E-state index is 0.0472. The Labute approximate surface area is 210 Å². The van der Waals surface area contributed by atoms with Gasteiger partial charge in [0.25, 0.3) is 5.56 Å². The molecule has 4 rings (SSSR count). The number of hydrogen-bond donors (Lipinski definition) is 2. The molecule has 0 saturated heterocycles. The van der Waals surface area contributed by atoms with Crippen molar-refractivity contribution >= 4 is 38.6 Å². The van der Waals surface area contributed by atoms with E-state index < -0.39 is 10.0 Å². The third kappa shape index (κ3) is 5.40. The molecule has 35 heavy (non-hydrogen) atoms. The molecule has 0 spiro atoms. The van der Waals surface area contributed by atoms with E-state index in [0.717, 1.165) is 5.56 Å². The molecule has 0 unspecified atom stereocenters. The fourth-order valence-corrected chi connectivity index (χ4v) is 4.56. The van der Waals surface area contributed by atoms with Crippen molar-refractivity contribution in [3.05, 3.63) is 103 Å². The molecule has 1 heterocycles. The van der Waals surface area contributed by atoms with E-state index in [-0.39, 0.29) is 10.5 Å². The molecular formula is C25H22BrN3O5S. The van der Waals surface area contributed by atoms with Crippen molar-refractivity contribution in [2.75, 3.05) is 7.11 Å². The first-order chi connectivity index (χ1) is 16.7. The Morgan fingerprint density at radius 3 is 2.43 bits per heavy atom. The van der Waals surface area contributed by atoms with Gasteiger partial charge in [-0.15, -0.1) is 0 Å². The SMILES string of the molecule is C=c1[nH]n(-c2ccc(S(N)(=O)=O)cc2)c(=O)/c1=C\c1cc(Br)c(OCc2ccccc2)c(OC)c1. The topological polar surface area (TPSA) is 116 Å². The minimum Gasteiger partial charge on any atom is -0.493 e. The number of H-pyrrole nitrogens is 1. The van der Waals surface area contributed by atoms with Gasteiger partial charge >= 0.3 is 0 Å². The number of primary sulfonamides is 1. The summed E-state index contributed by atoms with van der Waals surface area (Å²) in [6, 6.07) is 19.0. The van der Waals surface area contributed by atoms with Crippen molar-refractivity contribution in [2.24, 2.45) is 5.14 Å². The lowest BCUT2D eigenvalue weighted by Crippen LogP contribution is -2.34. The van der Waals surface area contributed by atoms with E-state index in [1.165, 1.54) is 28.9 Å². The van der Waals surface area contributed by atoms with Gasteiger partial charge in [-0.05, 0) is 69.5 Å². The van der Waals surface area contributed by atoms with Crippen LogP contribution >= 0.6 is 15.9 Å². The number of halogens is 1. The molecule has 0 saturated carbocycles. The zero-order valence-corrected chi connectivity index (χ0v) is 21.1. The van der Waals surface area contributed by atoms with E-state index in [1.807, 2.05) is 36.4 Å². The number of aromatic amines is 1. The van der Waals surface area contributed by atoms with Crippen molar-refractivity contribution in [2.45, 2.75) is 11.5 Å². The lowest BCUT2D eigenvalue weighted by atomic mass is 10.1. The normalized spacial score (nSPS) is 12.0. The van der Waals surface area contributed by atoms with Crippen LogP contribution in [0.3, 0.4) is 0 Å². The molecule has 3 N–H and O–H groups in total. The van der Waals surface area contributed by atoms with E-state index >= 15 is 0 Å². The maximum absolute atomic E-state index is 13.1. The highest BCUT2D eigenvalue weighted by Gasteiger charge is 2.13. The number of methoxy groups -OCH3 is 1. The van der Waals surface area contributed by atoms with Gasteiger partial charge in [-0.3, -0.25) is 9.89 Å². The van der Waals surface area contributed by atoms with E-state index in [0.29, 0.717) is 44.4 Å². The Morgan fingerprint density at radius 2 is 1.80 bits per heavy atom. The summed E-state index contributed by atoms with van der Waals surface area (Å²) in [5.74, 6) is 1.05. The Bertz CT molecular complexity index is 1640. The summed E-state index contributed by atoms with van der Waals surface area (Å²) >= 11 is 3.54. The third-order valence-electron chi connectivity index (χ3n) is 5.22. The summed E-state index contributed by atoms with van der Waals surface area (Å²) in [5, 5.41) is 8.79. The summed E-state index contributed by atoms with van der Waals surface area (Å²) < 4.78 is 36.4. The van der Waals surface area contributed by atoms with E-state index in [2.05, 4.69) is 27.6 Å². The van der Waals surface area contributed by atoms with Gasteiger partial charge in [0.05, 0.1) is 32.7 Å². The fraction of sp³-hybridized carbons (Fsp3) is 0.0800. The monoisotopic (exact) mass is 555 g/mol. The number of nitrogens with zero attached hydrogens (tertiary/aromatic N) is 1. The van der Waals surface area contributed by atoms with Gasteiger partial charge < -0.3 is 9.47 Å². The number of sulfonamides is 1. The number of nitrogens with one attached hydrogen (secondary N) is 1. The molecule has 4 aromatic rings. The number of aromatic nitrogens is 2. The van der Waals surface area contributed by atoms with E-state index in [1.54, 1.807) is 19.3 Å². The van der Waals surface area contributed by atoms with Crippen LogP contribution < -0.4 is 30.7 Å². The van der Waals surface area contributed by atoms with Crippen molar-refractivity contribution in [3.8, 4) is 17.2 Å². The molecule has 1 aromatic heterocycles. The first kappa shape index (κ1) is 24.5. The number of nitrogens with two attached hydrogens (primary N) is 1. The maximum atomic E-state index is 13.1.